The zero-order valence-corrected chi connectivity index (χ0v) is 11.0. The van der Waals surface area contributed by atoms with Crippen LogP contribution in [-0.4, -0.2) is 20.9 Å². The average Bonchev–Trinajstić information content (AvgIpc) is 2.67. The third-order valence-corrected chi connectivity index (χ3v) is 3.03. The maximum atomic E-state index is 13.7. The molecule has 0 aliphatic rings. The molecule has 2 rings (SSSR count). The van der Waals surface area contributed by atoms with Crippen LogP contribution in [0.1, 0.15) is 29.4 Å². The highest BCUT2D eigenvalue weighted by Gasteiger charge is 2.23. The van der Waals surface area contributed by atoms with E-state index < -0.39 is 11.8 Å². The van der Waals surface area contributed by atoms with E-state index in [0.29, 0.717) is 12.1 Å². The van der Waals surface area contributed by atoms with Crippen molar-refractivity contribution < 1.29 is 14.3 Å². The molecule has 1 heterocycles. The van der Waals surface area contributed by atoms with Gasteiger partial charge in [-0.25, -0.2) is 13.9 Å². The van der Waals surface area contributed by atoms with Crippen molar-refractivity contribution in [1.29, 1.82) is 0 Å². The molecule has 0 bridgehead atoms. The topological polar surface area (TPSA) is 55.1 Å². The molecule has 0 saturated heterocycles. The van der Waals surface area contributed by atoms with Gasteiger partial charge < -0.3 is 5.11 Å². The second-order valence-electron chi connectivity index (χ2n) is 4.03. The largest absolute Gasteiger partial charge is 0.478 e. The number of hydrogen-bond donors (Lipinski definition) is 1. The van der Waals surface area contributed by atoms with Crippen LogP contribution in [0.15, 0.2) is 24.3 Å². The molecule has 0 spiro atoms. The Morgan fingerprint density at radius 2 is 2.16 bits per heavy atom. The molecule has 1 aromatic carbocycles. The number of carbonyl (C=O) groups is 1. The van der Waals surface area contributed by atoms with Crippen molar-refractivity contribution >= 4 is 17.6 Å². The number of aromatic carboxylic acids is 1. The lowest BCUT2D eigenvalue weighted by atomic mass is 10.2. The lowest BCUT2D eigenvalue weighted by molar-refractivity contribution is 0.0696. The van der Waals surface area contributed by atoms with Gasteiger partial charge in [0.25, 0.3) is 0 Å². The molecule has 1 N–H and O–H groups in total. The molecule has 0 saturated carbocycles. The van der Waals surface area contributed by atoms with Crippen LogP contribution < -0.4 is 0 Å². The maximum absolute atomic E-state index is 13.7. The van der Waals surface area contributed by atoms with Crippen LogP contribution in [-0.2, 0) is 6.42 Å². The van der Waals surface area contributed by atoms with Gasteiger partial charge in [-0.1, -0.05) is 37.1 Å². The third kappa shape index (κ3) is 2.46. The van der Waals surface area contributed by atoms with Gasteiger partial charge in [0.15, 0.2) is 0 Å². The summed E-state index contributed by atoms with van der Waals surface area (Å²) in [5, 5.41) is 13.2. The molecule has 1 aromatic heterocycles. The normalized spacial score (nSPS) is 10.7. The highest BCUT2D eigenvalue weighted by Crippen LogP contribution is 2.25. The number of hydrogen-bond acceptors (Lipinski definition) is 2. The molecule has 19 heavy (non-hydrogen) atoms. The Balaban J connectivity index is 2.63. The highest BCUT2D eigenvalue weighted by molar-refractivity contribution is 6.32. The number of benzene rings is 1. The average molecular weight is 283 g/mol. The summed E-state index contributed by atoms with van der Waals surface area (Å²) < 4.78 is 14.8. The molecule has 0 aliphatic carbocycles. The van der Waals surface area contributed by atoms with E-state index in [-0.39, 0.29) is 16.4 Å². The summed E-state index contributed by atoms with van der Waals surface area (Å²) in [6, 6.07) is 5.94. The van der Waals surface area contributed by atoms with Crippen LogP contribution in [0.3, 0.4) is 0 Å². The Kier molecular flexibility index (Phi) is 3.85. The fourth-order valence-electron chi connectivity index (χ4n) is 1.85. The first kappa shape index (κ1) is 13.5. The predicted molar refractivity (Wildman–Crippen MR) is 69.5 cm³/mol. The molecule has 0 unspecified atom stereocenters. The van der Waals surface area contributed by atoms with Gasteiger partial charge in [-0.2, -0.15) is 5.10 Å². The summed E-state index contributed by atoms with van der Waals surface area (Å²) in [6.45, 7) is 1.90. The molecule has 0 radical (unpaired) electrons. The molecule has 2 aromatic rings. The molecular formula is C13H12ClFN2O2. The van der Waals surface area contributed by atoms with Gasteiger partial charge in [-0.15, -0.1) is 0 Å². The summed E-state index contributed by atoms with van der Waals surface area (Å²) in [5.41, 5.74) is 0.437. The lowest BCUT2D eigenvalue weighted by Gasteiger charge is -2.03. The van der Waals surface area contributed by atoms with Crippen LogP contribution in [0.25, 0.3) is 5.69 Å². The van der Waals surface area contributed by atoms with Crippen LogP contribution in [0.4, 0.5) is 4.39 Å². The maximum Gasteiger partial charge on any atom is 0.340 e. The van der Waals surface area contributed by atoms with Gasteiger partial charge in [0.05, 0.1) is 5.69 Å². The van der Waals surface area contributed by atoms with Gasteiger partial charge in [0.2, 0.25) is 0 Å². The Labute approximate surface area is 114 Å². The minimum absolute atomic E-state index is 0.0632. The van der Waals surface area contributed by atoms with Gasteiger partial charge >= 0.3 is 5.97 Å². The number of halogens is 2. The van der Waals surface area contributed by atoms with Gasteiger partial charge in [0, 0.05) is 0 Å². The minimum Gasteiger partial charge on any atom is -0.478 e. The first-order chi connectivity index (χ1) is 9.06. The SMILES string of the molecule is CCCc1nn(-c2ccccc2F)c(Cl)c1C(=O)O. The summed E-state index contributed by atoms with van der Waals surface area (Å²) in [5.74, 6) is -1.66. The number of carboxylic acids is 1. The predicted octanol–water partition coefficient (Wildman–Crippen LogP) is 3.32. The first-order valence-corrected chi connectivity index (χ1v) is 6.19. The zero-order chi connectivity index (χ0) is 14.0. The van der Waals surface area contributed by atoms with Crippen molar-refractivity contribution in [2.75, 3.05) is 0 Å². The Morgan fingerprint density at radius 1 is 1.47 bits per heavy atom. The van der Waals surface area contributed by atoms with Crippen LogP contribution in [0.5, 0.6) is 0 Å². The number of aryl methyl sites for hydroxylation is 1. The van der Waals surface area contributed by atoms with E-state index in [1.165, 1.54) is 12.1 Å². The van der Waals surface area contributed by atoms with E-state index in [0.717, 1.165) is 11.1 Å². The highest BCUT2D eigenvalue weighted by atomic mass is 35.5. The molecule has 100 valence electrons. The fourth-order valence-corrected chi connectivity index (χ4v) is 2.16. The van der Waals surface area contributed by atoms with Gasteiger partial charge in [-0.05, 0) is 18.6 Å². The molecule has 4 nitrogen and oxygen atoms in total. The third-order valence-electron chi connectivity index (χ3n) is 2.68. The molecule has 0 amide bonds. The number of para-hydroxylation sites is 1. The second-order valence-corrected chi connectivity index (χ2v) is 4.39. The number of rotatable bonds is 4. The Morgan fingerprint density at radius 3 is 2.74 bits per heavy atom. The van der Waals surface area contributed by atoms with Crippen LogP contribution in [0, 0.1) is 5.82 Å². The van der Waals surface area contributed by atoms with Crippen LogP contribution in [0.2, 0.25) is 5.15 Å². The smallest absolute Gasteiger partial charge is 0.340 e. The molecule has 0 aliphatic heterocycles. The quantitative estimate of drug-likeness (QED) is 0.936. The lowest BCUT2D eigenvalue weighted by Crippen LogP contribution is -2.01. The standard InChI is InChI=1S/C13H12ClFN2O2/c1-2-5-9-11(13(18)19)12(14)17(16-9)10-7-4-3-6-8(10)15/h3-4,6-7H,2,5H2,1H3,(H,18,19). The number of aromatic nitrogens is 2. The van der Waals surface area contributed by atoms with Crippen molar-refractivity contribution in [3.05, 3.63) is 46.5 Å². The Bertz CT molecular complexity index is 625. The number of nitrogens with zero attached hydrogens (tertiary/aromatic N) is 2. The van der Waals surface area contributed by atoms with E-state index in [4.69, 9.17) is 11.6 Å². The van der Waals surface area contributed by atoms with Crippen molar-refractivity contribution in [2.24, 2.45) is 0 Å². The van der Waals surface area contributed by atoms with E-state index in [9.17, 15) is 14.3 Å². The summed E-state index contributed by atoms with van der Waals surface area (Å²) in [6.07, 6.45) is 1.20. The first-order valence-electron chi connectivity index (χ1n) is 5.81. The molecular weight excluding hydrogens is 271 g/mol. The molecule has 6 heteroatoms. The van der Waals surface area contributed by atoms with Gasteiger partial charge in [0.1, 0.15) is 22.2 Å². The van der Waals surface area contributed by atoms with Crippen molar-refractivity contribution in [3.8, 4) is 5.69 Å². The summed E-state index contributed by atoms with van der Waals surface area (Å²) in [4.78, 5) is 11.2. The Hall–Kier alpha value is -1.88. The molecule has 0 atom stereocenters. The van der Waals surface area contributed by atoms with Crippen LogP contribution >= 0.6 is 11.6 Å². The van der Waals surface area contributed by atoms with E-state index in [2.05, 4.69) is 5.10 Å². The monoisotopic (exact) mass is 282 g/mol. The van der Waals surface area contributed by atoms with Gasteiger partial charge in [-0.3, -0.25) is 0 Å². The van der Waals surface area contributed by atoms with E-state index in [1.54, 1.807) is 12.1 Å². The number of carboxylic acid groups (broad SMARTS) is 1. The minimum atomic E-state index is -1.16. The zero-order valence-electron chi connectivity index (χ0n) is 10.2. The van der Waals surface area contributed by atoms with E-state index in [1.807, 2.05) is 6.92 Å². The van der Waals surface area contributed by atoms with E-state index >= 15 is 0 Å². The van der Waals surface area contributed by atoms with Crippen molar-refractivity contribution in [2.45, 2.75) is 19.8 Å². The summed E-state index contributed by atoms with van der Waals surface area (Å²) in [7, 11) is 0. The second kappa shape index (κ2) is 5.40. The molecule has 0 fully saturated rings. The van der Waals surface area contributed by atoms with Crippen molar-refractivity contribution in [3.63, 3.8) is 0 Å². The van der Waals surface area contributed by atoms with Crippen molar-refractivity contribution in [1.82, 2.24) is 9.78 Å². The fraction of sp³-hybridized carbons (Fsp3) is 0.231. The summed E-state index contributed by atoms with van der Waals surface area (Å²) >= 11 is 6.02.